The van der Waals surface area contributed by atoms with Gasteiger partial charge >= 0.3 is 18.0 Å². The molecule has 23 heavy (non-hydrogen) atoms. The Balaban J connectivity index is 2.56. The molecule has 0 aromatic carbocycles. The molecule has 2 heterocycles. The summed E-state index contributed by atoms with van der Waals surface area (Å²) in [6, 6.07) is 0.425. The molecule has 0 fully saturated rings. The van der Waals surface area contributed by atoms with Crippen molar-refractivity contribution in [3.63, 3.8) is 0 Å². The van der Waals surface area contributed by atoms with Gasteiger partial charge in [0, 0.05) is 17.7 Å². The van der Waals surface area contributed by atoms with Crippen molar-refractivity contribution < 1.29 is 30.7 Å². The first kappa shape index (κ1) is 17.5. The standard InChI is InChI=1S/C13H12F7N3/c1-10(2,3)8-5-23-6-21-7(4-9(23)22-8)11(14,15)12(16,17)13(18,19)20/h4-6H,1-3H3. The van der Waals surface area contributed by atoms with E-state index < -0.39 is 29.1 Å². The largest absolute Gasteiger partial charge is 0.460 e. The highest BCUT2D eigenvalue weighted by molar-refractivity contribution is 5.43. The van der Waals surface area contributed by atoms with Crippen molar-refractivity contribution in [2.75, 3.05) is 0 Å². The first-order chi connectivity index (χ1) is 10.2. The van der Waals surface area contributed by atoms with Crippen LogP contribution in [0.3, 0.4) is 0 Å². The molecule has 2 aromatic rings. The van der Waals surface area contributed by atoms with E-state index in [1.54, 1.807) is 20.8 Å². The molecule has 0 atom stereocenters. The Morgan fingerprint density at radius 3 is 1.96 bits per heavy atom. The quantitative estimate of drug-likeness (QED) is 0.761. The highest BCUT2D eigenvalue weighted by Gasteiger charge is 2.74. The van der Waals surface area contributed by atoms with E-state index in [0.29, 0.717) is 11.8 Å². The fourth-order valence-electron chi connectivity index (χ4n) is 1.76. The van der Waals surface area contributed by atoms with E-state index in [-0.39, 0.29) is 5.65 Å². The Kier molecular flexibility index (Phi) is 3.66. The molecule has 0 aliphatic rings. The molecule has 0 spiro atoms. The maximum absolute atomic E-state index is 13.6. The fourth-order valence-corrected chi connectivity index (χ4v) is 1.76. The van der Waals surface area contributed by atoms with Crippen molar-refractivity contribution in [3.8, 4) is 0 Å². The van der Waals surface area contributed by atoms with Crippen molar-refractivity contribution in [1.29, 1.82) is 0 Å². The van der Waals surface area contributed by atoms with Gasteiger partial charge in [0.1, 0.15) is 17.7 Å². The third-order valence-corrected chi connectivity index (χ3v) is 3.19. The molecule has 0 amide bonds. The van der Waals surface area contributed by atoms with Gasteiger partial charge in [-0.25, -0.2) is 9.97 Å². The van der Waals surface area contributed by atoms with Gasteiger partial charge in [-0.2, -0.15) is 30.7 Å². The number of alkyl halides is 7. The SMILES string of the molecule is CC(C)(C)c1cn2cnc(C(F)(F)C(F)(F)C(F)(F)F)cc2n1. The summed E-state index contributed by atoms with van der Waals surface area (Å²) in [7, 11) is 0. The lowest BCUT2D eigenvalue weighted by molar-refractivity contribution is -0.360. The smallest absolute Gasteiger partial charge is 0.290 e. The zero-order valence-electron chi connectivity index (χ0n) is 12.2. The van der Waals surface area contributed by atoms with Gasteiger partial charge in [-0.15, -0.1) is 0 Å². The van der Waals surface area contributed by atoms with Crippen LogP contribution in [-0.2, 0) is 11.3 Å². The topological polar surface area (TPSA) is 30.2 Å². The van der Waals surface area contributed by atoms with Crippen molar-refractivity contribution in [3.05, 3.63) is 30.0 Å². The monoisotopic (exact) mass is 343 g/mol. The van der Waals surface area contributed by atoms with E-state index in [1.807, 2.05) is 0 Å². The molecule has 0 aliphatic carbocycles. The maximum Gasteiger partial charge on any atom is 0.460 e. The average molecular weight is 343 g/mol. The highest BCUT2D eigenvalue weighted by atomic mass is 19.4. The summed E-state index contributed by atoms with van der Waals surface area (Å²) in [5, 5.41) is 0. The normalized spacial score (nSPS) is 14.5. The van der Waals surface area contributed by atoms with E-state index in [9.17, 15) is 30.7 Å². The Labute approximate surface area is 126 Å². The van der Waals surface area contributed by atoms with Crippen LogP contribution in [0.2, 0.25) is 0 Å². The van der Waals surface area contributed by atoms with Crippen LogP contribution < -0.4 is 0 Å². The van der Waals surface area contributed by atoms with Gasteiger partial charge in [0.2, 0.25) is 0 Å². The Hall–Kier alpha value is -1.87. The minimum Gasteiger partial charge on any atom is -0.290 e. The molecule has 128 valence electrons. The van der Waals surface area contributed by atoms with Crippen molar-refractivity contribution in [1.82, 2.24) is 14.4 Å². The molecule has 10 heteroatoms. The molecule has 0 unspecified atom stereocenters. The maximum atomic E-state index is 13.6. The number of rotatable bonds is 2. The lowest BCUT2D eigenvalue weighted by Gasteiger charge is -2.27. The van der Waals surface area contributed by atoms with E-state index >= 15 is 0 Å². The van der Waals surface area contributed by atoms with Crippen LogP contribution in [0.25, 0.3) is 5.65 Å². The number of fused-ring (bicyclic) bond motifs is 1. The molecule has 0 aliphatic heterocycles. The van der Waals surface area contributed by atoms with Gasteiger partial charge in [-0.1, -0.05) is 20.8 Å². The number of nitrogens with zero attached hydrogens (tertiary/aromatic N) is 3. The highest BCUT2D eigenvalue weighted by Crippen LogP contribution is 2.51. The molecule has 2 aromatic heterocycles. The first-order valence-corrected chi connectivity index (χ1v) is 6.36. The summed E-state index contributed by atoms with van der Waals surface area (Å²) < 4.78 is 91.2. The summed E-state index contributed by atoms with van der Waals surface area (Å²) in [6.07, 6.45) is -4.24. The molecular formula is C13H12F7N3. The Morgan fingerprint density at radius 1 is 0.913 bits per heavy atom. The predicted octanol–water partition coefficient (Wildman–Crippen LogP) is 4.32. The zero-order chi connectivity index (χ0) is 17.8. The van der Waals surface area contributed by atoms with Crippen molar-refractivity contribution >= 4 is 5.65 Å². The second kappa shape index (κ2) is 4.81. The summed E-state index contributed by atoms with van der Waals surface area (Å²) >= 11 is 0. The fraction of sp³-hybridized carbons (Fsp3) is 0.538. The molecule has 0 saturated heterocycles. The number of hydrogen-bond acceptors (Lipinski definition) is 2. The van der Waals surface area contributed by atoms with Crippen LogP contribution in [0.4, 0.5) is 30.7 Å². The predicted molar refractivity (Wildman–Crippen MR) is 66.6 cm³/mol. The van der Waals surface area contributed by atoms with E-state index in [4.69, 9.17) is 0 Å². The number of hydrogen-bond donors (Lipinski definition) is 0. The van der Waals surface area contributed by atoms with Crippen LogP contribution in [0.1, 0.15) is 32.2 Å². The van der Waals surface area contributed by atoms with Crippen molar-refractivity contribution in [2.24, 2.45) is 0 Å². The van der Waals surface area contributed by atoms with Crippen molar-refractivity contribution in [2.45, 2.75) is 44.2 Å². The van der Waals surface area contributed by atoms with Crippen LogP contribution in [0.15, 0.2) is 18.6 Å². The molecule has 2 rings (SSSR count). The van der Waals surface area contributed by atoms with Crippen LogP contribution in [-0.4, -0.2) is 26.5 Å². The first-order valence-electron chi connectivity index (χ1n) is 6.36. The molecular weight excluding hydrogens is 331 g/mol. The van der Waals surface area contributed by atoms with E-state index in [1.165, 1.54) is 10.6 Å². The zero-order valence-corrected chi connectivity index (χ0v) is 12.2. The van der Waals surface area contributed by atoms with Gasteiger partial charge < -0.3 is 0 Å². The van der Waals surface area contributed by atoms with Gasteiger partial charge in [-0.05, 0) is 0 Å². The number of imidazole rings is 1. The van der Waals surface area contributed by atoms with Gasteiger partial charge in [0.25, 0.3) is 0 Å². The third-order valence-electron chi connectivity index (χ3n) is 3.19. The lowest BCUT2D eigenvalue weighted by atomic mass is 9.93. The summed E-state index contributed by atoms with van der Waals surface area (Å²) in [6.45, 7) is 5.32. The van der Waals surface area contributed by atoms with E-state index in [0.717, 1.165) is 6.33 Å². The minimum absolute atomic E-state index is 0.197. The third kappa shape index (κ3) is 2.74. The summed E-state index contributed by atoms with van der Waals surface area (Å²) in [5.74, 6) is -11.8. The van der Waals surface area contributed by atoms with Crippen LogP contribution >= 0.6 is 0 Å². The number of aromatic nitrogens is 3. The van der Waals surface area contributed by atoms with Crippen LogP contribution in [0, 0.1) is 0 Å². The Bertz CT molecular complexity index is 725. The second-order valence-electron chi connectivity index (χ2n) is 6.06. The molecule has 0 bridgehead atoms. The second-order valence-corrected chi connectivity index (χ2v) is 6.06. The molecule has 0 N–H and O–H groups in total. The molecule has 0 radical (unpaired) electrons. The lowest BCUT2D eigenvalue weighted by Crippen LogP contribution is -2.50. The number of halogens is 7. The van der Waals surface area contributed by atoms with E-state index in [2.05, 4.69) is 9.97 Å². The van der Waals surface area contributed by atoms with Gasteiger partial charge in [0.15, 0.2) is 0 Å². The minimum atomic E-state index is -6.41. The molecule has 3 nitrogen and oxygen atoms in total. The van der Waals surface area contributed by atoms with Gasteiger partial charge in [0.05, 0.1) is 5.69 Å². The Morgan fingerprint density at radius 2 is 1.48 bits per heavy atom. The van der Waals surface area contributed by atoms with Gasteiger partial charge in [-0.3, -0.25) is 4.40 Å². The van der Waals surface area contributed by atoms with Crippen LogP contribution in [0.5, 0.6) is 0 Å². The summed E-state index contributed by atoms with van der Waals surface area (Å²) in [5.41, 5.74) is -1.91. The molecule has 0 saturated carbocycles. The summed E-state index contributed by atoms with van der Waals surface area (Å²) in [4.78, 5) is 7.01. The average Bonchev–Trinajstić information content (AvgIpc) is 2.79.